The number of carbonyl (C=O) groups is 3. The van der Waals surface area contributed by atoms with Crippen molar-refractivity contribution in [2.75, 3.05) is 71.3 Å². The van der Waals surface area contributed by atoms with E-state index in [1.807, 2.05) is 62.3 Å². The first-order valence-electron chi connectivity index (χ1n) is 17.9. The molecule has 0 radical (unpaired) electrons. The Morgan fingerprint density at radius 3 is 1.15 bits per heavy atom. The molecule has 0 aliphatic carbocycles. The third-order valence-corrected chi connectivity index (χ3v) is 5.10. The van der Waals surface area contributed by atoms with E-state index in [0.717, 1.165) is 5.33 Å². The maximum absolute atomic E-state index is 11.2. The van der Waals surface area contributed by atoms with E-state index in [0.29, 0.717) is 97.6 Å². The fraction of sp³-hybridized carbons (Fsp3) is 0.816. The molecule has 312 valence electrons. The summed E-state index contributed by atoms with van der Waals surface area (Å²) in [5.41, 5.74) is 3.92. The summed E-state index contributed by atoms with van der Waals surface area (Å²) >= 11 is 3.13. The molecule has 0 aliphatic heterocycles. The van der Waals surface area contributed by atoms with Gasteiger partial charge in [-0.1, -0.05) is 28.1 Å². The summed E-state index contributed by atoms with van der Waals surface area (Å²) in [5, 5.41) is 26.0. The molecule has 0 unspecified atom stereocenters. The summed E-state index contributed by atoms with van der Waals surface area (Å²) in [7, 11) is 0. The second-order valence-electron chi connectivity index (χ2n) is 13.8. The van der Waals surface area contributed by atoms with E-state index in [4.69, 9.17) is 49.5 Å². The van der Waals surface area contributed by atoms with Gasteiger partial charge in [0.15, 0.2) is 0 Å². The van der Waals surface area contributed by atoms with Crippen molar-refractivity contribution in [3.05, 3.63) is 25.3 Å². The van der Waals surface area contributed by atoms with Crippen LogP contribution in [0.1, 0.15) is 114 Å². The minimum atomic E-state index is -0.410. The van der Waals surface area contributed by atoms with Crippen molar-refractivity contribution in [2.24, 2.45) is 5.73 Å². The predicted molar refractivity (Wildman–Crippen MR) is 211 cm³/mol. The summed E-state index contributed by atoms with van der Waals surface area (Å²) in [4.78, 5) is 33.3. The van der Waals surface area contributed by atoms with Crippen molar-refractivity contribution in [1.82, 2.24) is 0 Å². The number of halogens is 1. The normalized spacial score (nSPS) is 10.7. The van der Waals surface area contributed by atoms with Gasteiger partial charge in [-0.3, -0.25) is 14.4 Å². The standard InChI is InChI=1S/C11H22O4.C11H20O3.C8H16O3.C5H13NO2.C3H5Br/c1-11(2,3)15-10(13)6-4-8-14-9-5-7-12;1-5-8-13-9-6-7-10(12)14-11(2,3)4;1-8(2,3)11-7(10)5-4-6-9;6-2-5-8-4-1-3-7;1-2-3-4/h12H,4-9H2,1-3H3;5H,1,6-9H2,2-4H3;9H,4-6H2,1-3H3;7H,1-6H2;2H,1,3H2. The minimum absolute atomic E-state index is 0.0409. The van der Waals surface area contributed by atoms with Crippen LogP contribution in [0, 0.1) is 0 Å². The Hall–Kier alpha value is -1.91. The molecular formula is C38H76BrNO12. The molecule has 0 heterocycles. The van der Waals surface area contributed by atoms with Crippen molar-refractivity contribution in [3.63, 3.8) is 0 Å². The molecule has 13 nitrogen and oxygen atoms in total. The van der Waals surface area contributed by atoms with E-state index in [-0.39, 0.29) is 43.3 Å². The SMILES string of the molecule is C=CCBr.C=CCOCCCC(=O)OC(C)(C)C.CC(C)(C)OC(=O)CCCO.CC(C)(C)OC(=O)CCCOCCCO.NCCOCCCO. The zero-order chi connectivity index (χ0) is 41.3. The van der Waals surface area contributed by atoms with Crippen LogP contribution in [0.4, 0.5) is 0 Å². The van der Waals surface area contributed by atoms with E-state index in [9.17, 15) is 14.4 Å². The molecule has 0 aromatic carbocycles. The average molecular weight is 819 g/mol. The Bertz CT molecular complexity index is 816. The van der Waals surface area contributed by atoms with Crippen LogP contribution in [0.25, 0.3) is 0 Å². The second kappa shape index (κ2) is 41.8. The summed E-state index contributed by atoms with van der Waals surface area (Å²) in [6.45, 7) is 27.9. The third-order valence-electron chi connectivity index (χ3n) is 4.64. The van der Waals surface area contributed by atoms with Crippen LogP contribution in [0.2, 0.25) is 0 Å². The molecule has 0 amide bonds. The summed E-state index contributed by atoms with van der Waals surface area (Å²) in [5.74, 6) is -0.598. The highest BCUT2D eigenvalue weighted by molar-refractivity contribution is 9.09. The Labute approximate surface area is 324 Å². The van der Waals surface area contributed by atoms with Gasteiger partial charge in [0.2, 0.25) is 0 Å². The molecule has 0 rings (SSSR count). The zero-order valence-electron chi connectivity index (χ0n) is 34.0. The quantitative estimate of drug-likeness (QED) is 0.0336. The molecule has 0 aromatic rings. The van der Waals surface area contributed by atoms with E-state index in [2.05, 4.69) is 29.1 Å². The van der Waals surface area contributed by atoms with Gasteiger partial charge in [-0.15, -0.1) is 13.2 Å². The fourth-order valence-corrected chi connectivity index (χ4v) is 2.83. The Balaban J connectivity index is -0.000000186. The van der Waals surface area contributed by atoms with Gasteiger partial charge in [0.25, 0.3) is 0 Å². The molecule has 0 saturated carbocycles. The number of allylic oxidation sites excluding steroid dienone is 1. The number of nitrogens with two attached hydrogens (primary N) is 1. The lowest BCUT2D eigenvalue weighted by molar-refractivity contribution is -0.156. The topological polar surface area (TPSA) is 193 Å². The lowest BCUT2D eigenvalue weighted by atomic mass is 10.2. The Kier molecular flexibility index (Phi) is 47.8. The van der Waals surface area contributed by atoms with Crippen molar-refractivity contribution in [3.8, 4) is 0 Å². The molecule has 14 heteroatoms. The molecule has 0 saturated heterocycles. The number of aliphatic hydroxyl groups excluding tert-OH is 3. The van der Waals surface area contributed by atoms with Gasteiger partial charge in [0, 0.05) is 77.4 Å². The van der Waals surface area contributed by atoms with Crippen LogP contribution in [-0.4, -0.2) is 121 Å². The van der Waals surface area contributed by atoms with Crippen LogP contribution < -0.4 is 5.73 Å². The van der Waals surface area contributed by atoms with Crippen molar-refractivity contribution in [2.45, 2.75) is 130 Å². The maximum atomic E-state index is 11.2. The van der Waals surface area contributed by atoms with Crippen molar-refractivity contribution in [1.29, 1.82) is 0 Å². The van der Waals surface area contributed by atoms with E-state index in [1.54, 1.807) is 12.2 Å². The average Bonchev–Trinajstić information content (AvgIpc) is 3.02. The first-order valence-corrected chi connectivity index (χ1v) is 19.0. The third kappa shape index (κ3) is 73.5. The van der Waals surface area contributed by atoms with Crippen LogP contribution in [0.3, 0.4) is 0 Å². The lowest BCUT2D eigenvalue weighted by Crippen LogP contribution is -2.23. The fourth-order valence-electron chi connectivity index (χ4n) is 2.83. The van der Waals surface area contributed by atoms with E-state index >= 15 is 0 Å². The second-order valence-corrected chi connectivity index (χ2v) is 14.4. The van der Waals surface area contributed by atoms with Gasteiger partial charge in [-0.25, -0.2) is 0 Å². The summed E-state index contributed by atoms with van der Waals surface area (Å²) < 4.78 is 30.5. The molecule has 0 aliphatic rings. The van der Waals surface area contributed by atoms with Gasteiger partial charge in [0.1, 0.15) is 16.8 Å². The number of rotatable bonds is 22. The number of hydrogen-bond donors (Lipinski definition) is 4. The first-order chi connectivity index (χ1) is 24.2. The number of ether oxygens (including phenoxy) is 6. The largest absolute Gasteiger partial charge is 0.460 e. The summed E-state index contributed by atoms with van der Waals surface area (Å²) in [6, 6.07) is 0. The number of alkyl halides is 1. The molecule has 0 atom stereocenters. The molecule has 0 bridgehead atoms. The molecule has 5 N–H and O–H groups in total. The maximum Gasteiger partial charge on any atom is 0.306 e. The van der Waals surface area contributed by atoms with Crippen LogP contribution >= 0.6 is 15.9 Å². The molecule has 0 fully saturated rings. The van der Waals surface area contributed by atoms with Crippen molar-refractivity contribution >= 4 is 33.8 Å². The van der Waals surface area contributed by atoms with Gasteiger partial charge in [-0.05, 0) is 94.4 Å². The molecule has 0 spiro atoms. The number of esters is 3. The minimum Gasteiger partial charge on any atom is -0.460 e. The highest BCUT2D eigenvalue weighted by Gasteiger charge is 2.17. The number of aliphatic hydroxyl groups is 3. The predicted octanol–water partition coefficient (Wildman–Crippen LogP) is 5.83. The zero-order valence-corrected chi connectivity index (χ0v) is 35.6. The van der Waals surface area contributed by atoms with Gasteiger partial charge < -0.3 is 49.5 Å². The van der Waals surface area contributed by atoms with Crippen LogP contribution in [0.15, 0.2) is 25.3 Å². The van der Waals surface area contributed by atoms with E-state index < -0.39 is 11.2 Å². The monoisotopic (exact) mass is 817 g/mol. The number of carbonyl (C=O) groups excluding carboxylic acids is 3. The summed E-state index contributed by atoms with van der Waals surface area (Å²) in [6.07, 6.45) is 7.77. The molecule has 0 aromatic heterocycles. The number of hydrogen-bond acceptors (Lipinski definition) is 13. The Morgan fingerprint density at radius 1 is 0.558 bits per heavy atom. The Morgan fingerprint density at radius 2 is 0.865 bits per heavy atom. The van der Waals surface area contributed by atoms with Gasteiger partial charge in [-0.2, -0.15) is 0 Å². The first kappa shape index (κ1) is 59.4. The lowest BCUT2D eigenvalue weighted by Gasteiger charge is -2.19. The molecule has 52 heavy (non-hydrogen) atoms. The van der Waals surface area contributed by atoms with Crippen LogP contribution in [0.5, 0.6) is 0 Å². The van der Waals surface area contributed by atoms with E-state index in [1.165, 1.54) is 0 Å². The van der Waals surface area contributed by atoms with Gasteiger partial charge >= 0.3 is 17.9 Å². The highest BCUT2D eigenvalue weighted by Crippen LogP contribution is 2.10. The van der Waals surface area contributed by atoms with Crippen LogP contribution in [-0.2, 0) is 42.8 Å². The van der Waals surface area contributed by atoms with Crippen molar-refractivity contribution < 1.29 is 58.1 Å². The highest BCUT2D eigenvalue weighted by atomic mass is 79.9. The molecular weight excluding hydrogens is 742 g/mol. The van der Waals surface area contributed by atoms with Gasteiger partial charge in [0.05, 0.1) is 13.2 Å². The smallest absolute Gasteiger partial charge is 0.306 e.